The predicted octanol–water partition coefficient (Wildman–Crippen LogP) is 5.88. The second-order valence-electron chi connectivity index (χ2n) is 7.26. The lowest BCUT2D eigenvalue weighted by Crippen LogP contribution is -2.14. The Morgan fingerprint density at radius 1 is 1.09 bits per heavy atom. The number of hydrogen-bond acceptors (Lipinski definition) is 9. The largest absolute Gasteiger partial charge is 0.485 e. The number of thioether (sulfide) groups is 2. The van der Waals surface area contributed by atoms with Crippen LogP contribution in [0.4, 0.5) is 5.13 Å². The fraction of sp³-hybridized carbons (Fsp3) is 0.227. The molecule has 4 rings (SSSR count). The van der Waals surface area contributed by atoms with Gasteiger partial charge in [-0.25, -0.2) is 0 Å². The van der Waals surface area contributed by atoms with Gasteiger partial charge in [0.25, 0.3) is 0 Å². The first-order chi connectivity index (χ1) is 16.9. The molecule has 0 aliphatic rings. The summed E-state index contributed by atoms with van der Waals surface area (Å²) in [7, 11) is 1.85. The van der Waals surface area contributed by atoms with Gasteiger partial charge in [-0.05, 0) is 36.2 Å². The highest BCUT2D eigenvalue weighted by atomic mass is 35.5. The minimum absolute atomic E-state index is 0.163. The summed E-state index contributed by atoms with van der Waals surface area (Å²) in [6.45, 7) is 2.27. The minimum Gasteiger partial charge on any atom is -0.485 e. The van der Waals surface area contributed by atoms with E-state index in [2.05, 4.69) is 25.7 Å². The quantitative estimate of drug-likeness (QED) is 0.188. The van der Waals surface area contributed by atoms with E-state index in [-0.39, 0.29) is 18.3 Å². The molecule has 0 radical (unpaired) electrons. The highest BCUT2D eigenvalue weighted by Crippen LogP contribution is 2.30. The number of ether oxygens (including phenoxy) is 1. The summed E-state index contributed by atoms with van der Waals surface area (Å²) >= 11 is 16.1. The Hall–Kier alpha value is -2.31. The normalized spacial score (nSPS) is 11.0. The van der Waals surface area contributed by atoms with E-state index in [0.29, 0.717) is 31.9 Å². The number of hydrogen-bond donors (Lipinski definition) is 1. The van der Waals surface area contributed by atoms with E-state index in [0.717, 1.165) is 21.2 Å². The molecule has 182 valence electrons. The fourth-order valence-corrected chi connectivity index (χ4v) is 5.60. The number of nitrogens with zero attached hydrogens (tertiary/aromatic N) is 5. The van der Waals surface area contributed by atoms with Gasteiger partial charge >= 0.3 is 0 Å². The van der Waals surface area contributed by atoms with Crippen LogP contribution in [-0.4, -0.2) is 36.6 Å². The number of carbonyl (C=O) groups excluding carboxylic acids is 1. The summed E-state index contributed by atoms with van der Waals surface area (Å²) in [6, 6.07) is 13.3. The van der Waals surface area contributed by atoms with Crippen molar-refractivity contribution >= 4 is 69.1 Å². The van der Waals surface area contributed by atoms with E-state index in [4.69, 9.17) is 27.9 Å². The number of rotatable bonds is 10. The maximum absolute atomic E-state index is 12.4. The fourth-order valence-electron chi connectivity index (χ4n) is 2.84. The van der Waals surface area contributed by atoms with Crippen molar-refractivity contribution in [2.75, 3.05) is 11.1 Å². The first-order valence-electron chi connectivity index (χ1n) is 10.3. The van der Waals surface area contributed by atoms with Gasteiger partial charge in [-0.2, -0.15) is 0 Å². The number of aromatic nitrogens is 5. The minimum atomic E-state index is -0.201. The summed E-state index contributed by atoms with van der Waals surface area (Å²) in [5.41, 5.74) is 2.07. The van der Waals surface area contributed by atoms with Crippen LogP contribution < -0.4 is 10.1 Å². The third kappa shape index (κ3) is 7.11. The molecule has 0 saturated carbocycles. The van der Waals surface area contributed by atoms with Gasteiger partial charge in [0.2, 0.25) is 11.0 Å². The van der Waals surface area contributed by atoms with Crippen molar-refractivity contribution < 1.29 is 9.53 Å². The van der Waals surface area contributed by atoms with Crippen LogP contribution in [0.3, 0.4) is 0 Å². The van der Waals surface area contributed by atoms with Crippen molar-refractivity contribution in [1.29, 1.82) is 0 Å². The topological polar surface area (TPSA) is 94.8 Å². The molecule has 2 aromatic heterocycles. The van der Waals surface area contributed by atoms with E-state index >= 15 is 0 Å². The van der Waals surface area contributed by atoms with Gasteiger partial charge in [-0.1, -0.05) is 82.3 Å². The Bertz CT molecular complexity index is 1330. The zero-order chi connectivity index (χ0) is 24.8. The van der Waals surface area contributed by atoms with Crippen molar-refractivity contribution in [1.82, 2.24) is 25.0 Å². The molecule has 13 heteroatoms. The highest BCUT2D eigenvalue weighted by Gasteiger charge is 2.14. The molecule has 0 aliphatic carbocycles. The lowest BCUT2D eigenvalue weighted by molar-refractivity contribution is -0.113. The van der Waals surface area contributed by atoms with Crippen LogP contribution in [0, 0.1) is 6.92 Å². The van der Waals surface area contributed by atoms with Crippen molar-refractivity contribution in [3.8, 4) is 5.75 Å². The molecule has 0 unspecified atom stereocenters. The third-order valence-corrected chi connectivity index (χ3v) is 8.51. The van der Waals surface area contributed by atoms with Gasteiger partial charge in [0, 0.05) is 12.8 Å². The summed E-state index contributed by atoms with van der Waals surface area (Å²) in [6.07, 6.45) is 0. The maximum Gasteiger partial charge on any atom is 0.236 e. The van der Waals surface area contributed by atoms with Crippen LogP contribution >= 0.6 is 58.1 Å². The standard InChI is InChI=1S/C22H20Cl2N6O2S3/c1-13-5-3-4-6-17(13)32-10-18-26-28-21(30(18)2)33-12-19(31)25-20-27-29-22(35-20)34-11-14-7-8-15(23)16(24)9-14/h3-9H,10-12H2,1-2H3,(H,25,27,31). The van der Waals surface area contributed by atoms with Gasteiger partial charge in [-0.3, -0.25) is 10.1 Å². The van der Waals surface area contributed by atoms with Gasteiger partial charge in [0.15, 0.2) is 15.3 Å². The number of carbonyl (C=O) groups is 1. The smallest absolute Gasteiger partial charge is 0.236 e. The van der Waals surface area contributed by atoms with Crippen LogP contribution in [0.15, 0.2) is 52.0 Å². The predicted molar refractivity (Wildman–Crippen MR) is 142 cm³/mol. The molecule has 35 heavy (non-hydrogen) atoms. The van der Waals surface area contributed by atoms with Gasteiger partial charge in [-0.15, -0.1) is 20.4 Å². The summed E-state index contributed by atoms with van der Waals surface area (Å²) < 4.78 is 8.40. The Labute approximate surface area is 224 Å². The van der Waals surface area contributed by atoms with Crippen LogP contribution in [0.25, 0.3) is 0 Å². The van der Waals surface area contributed by atoms with E-state index in [9.17, 15) is 4.79 Å². The molecule has 0 bridgehead atoms. The van der Waals surface area contributed by atoms with Gasteiger partial charge in [0.05, 0.1) is 15.8 Å². The average Bonchev–Trinajstić information content (AvgIpc) is 3.44. The molecule has 0 spiro atoms. The third-order valence-electron chi connectivity index (χ3n) is 4.71. The average molecular weight is 568 g/mol. The molecule has 0 fully saturated rings. The molecular weight excluding hydrogens is 547 g/mol. The molecule has 0 saturated heterocycles. The Morgan fingerprint density at radius 3 is 2.71 bits per heavy atom. The highest BCUT2D eigenvalue weighted by molar-refractivity contribution is 8.00. The summed E-state index contributed by atoms with van der Waals surface area (Å²) in [5, 5.41) is 21.4. The SMILES string of the molecule is Cc1ccccc1OCc1nnc(SCC(=O)Nc2nnc(SCc3ccc(Cl)c(Cl)c3)s2)n1C. The van der Waals surface area contributed by atoms with E-state index < -0.39 is 0 Å². The van der Waals surface area contributed by atoms with Crippen LogP contribution in [0.5, 0.6) is 5.75 Å². The van der Waals surface area contributed by atoms with E-state index in [1.165, 1.54) is 34.9 Å². The van der Waals surface area contributed by atoms with Gasteiger partial charge < -0.3 is 9.30 Å². The zero-order valence-electron chi connectivity index (χ0n) is 18.7. The maximum atomic E-state index is 12.4. The Morgan fingerprint density at radius 2 is 1.91 bits per heavy atom. The first-order valence-corrected chi connectivity index (χ1v) is 13.8. The van der Waals surface area contributed by atoms with E-state index in [1.807, 2.05) is 54.9 Å². The number of para-hydroxylation sites is 1. The number of anilines is 1. The first kappa shape index (κ1) is 25.8. The number of nitrogens with one attached hydrogen (secondary N) is 1. The Balaban J connectivity index is 1.24. The monoisotopic (exact) mass is 566 g/mol. The molecule has 2 aromatic carbocycles. The van der Waals surface area contributed by atoms with Gasteiger partial charge in [0.1, 0.15) is 12.4 Å². The molecule has 1 amide bonds. The van der Waals surface area contributed by atoms with Crippen molar-refractivity contribution in [2.24, 2.45) is 7.05 Å². The molecule has 8 nitrogen and oxygen atoms in total. The second-order valence-corrected chi connectivity index (χ2v) is 11.2. The zero-order valence-corrected chi connectivity index (χ0v) is 22.7. The number of aryl methyl sites for hydroxylation is 1. The molecule has 2 heterocycles. The Kier molecular flexibility index (Phi) is 8.90. The molecule has 0 aliphatic heterocycles. The van der Waals surface area contributed by atoms with Crippen molar-refractivity contribution in [3.05, 3.63) is 69.5 Å². The van der Waals surface area contributed by atoms with Crippen molar-refractivity contribution in [3.63, 3.8) is 0 Å². The second kappa shape index (κ2) is 12.1. The van der Waals surface area contributed by atoms with Crippen LogP contribution in [0.1, 0.15) is 17.0 Å². The lowest BCUT2D eigenvalue weighted by atomic mass is 10.2. The summed E-state index contributed by atoms with van der Waals surface area (Å²) in [4.78, 5) is 12.4. The molecular formula is C22H20Cl2N6O2S3. The molecule has 4 aromatic rings. The number of amides is 1. The van der Waals surface area contributed by atoms with E-state index in [1.54, 1.807) is 6.07 Å². The summed E-state index contributed by atoms with van der Waals surface area (Å²) in [5.74, 6) is 2.10. The number of halogens is 2. The molecule has 1 N–H and O–H groups in total. The van der Waals surface area contributed by atoms with Crippen LogP contribution in [-0.2, 0) is 24.2 Å². The lowest BCUT2D eigenvalue weighted by Gasteiger charge is -2.08. The molecule has 0 atom stereocenters. The van der Waals surface area contributed by atoms with Crippen molar-refractivity contribution in [2.45, 2.75) is 28.8 Å². The van der Waals surface area contributed by atoms with Crippen LogP contribution in [0.2, 0.25) is 10.0 Å². The number of benzene rings is 2.